The van der Waals surface area contributed by atoms with Crippen molar-refractivity contribution >= 4 is 28.1 Å². The van der Waals surface area contributed by atoms with Crippen LogP contribution in [0.2, 0.25) is 0 Å². The lowest BCUT2D eigenvalue weighted by Gasteiger charge is -2.24. The van der Waals surface area contributed by atoms with Crippen molar-refractivity contribution in [3.8, 4) is 11.5 Å². The van der Waals surface area contributed by atoms with Crippen LogP contribution in [0.1, 0.15) is 29.3 Å². The molecule has 0 aromatic heterocycles. The number of carboxylic acids is 1. The molecule has 0 bridgehead atoms. The summed E-state index contributed by atoms with van der Waals surface area (Å²) in [7, 11) is 1.35. The van der Waals surface area contributed by atoms with Gasteiger partial charge in [0.1, 0.15) is 17.3 Å². The normalized spacial score (nSPS) is 14.6. The van der Waals surface area contributed by atoms with E-state index in [2.05, 4.69) is 0 Å². The number of phenolic OH excluding ortho intramolecular Hbond substituents is 2. The van der Waals surface area contributed by atoms with E-state index in [-0.39, 0.29) is 40.4 Å². The van der Waals surface area contributed by atoms with Gasteiger partial charge in [-0.3, -0.25) is 4.79 Å². The summed E-state index contributed by atoms with van der Waals surface area (Å²) in [5.41, 5.74) is 1.55. The van der Waals surface area contributed by atoms with Gasteiger partial charge in [-0.25, -0.2) is 4.79 Å². The molecule has 3 N–H and O–H groups in total. The van der Waals surface area contributed by atoms with E-state index in [0.29, 0.717) is 22.1 Å². The van der Waals surface area contributed by atoms with Gasteiger partial charge < -0.3 is 20.1 Å². The van der Waals surface area contributed by atoms with Gasteiger partial charge in [0.2, 0.25) is 0 Å². The summed E-state index contributed by atoms with van der Waals surface area (Å²) in [5, 5.41) is 30.4. The van der Waals surface area contributed by atoms with Gasteiger partial charge in [-0.1, -0.05) is 17.7 Å². The average Bonchev–Trinajstić information content (AvgIpc) is 2.52. The molecule has 6 nitrogen and oxygen atoms in total. The highest BCUT2D eigenvalue weighted by molar-refractivity contribution is 6.15. The molecule has 0 fully saturated rings. The van der Waals surface area contributed by atoms with E-state index in [9.17, 15) is 19.8 Å². The minimum atomic E-state index is -1.18. The Bertz CT molecular complexity index is 981. The Morgan fingerprint density at radius 3 is 2.64 bits per heavy atom. The standard InChI is InChI=1S/C19H16O6/c1-9-6-13(21)18-11(16(9)14(25-2)8-15(22)23)7-10-4-3-5-12(20)17(10)19(18)24/h3-5,7-8,20,24H,6H2,1-2H3,(H,22,23)/b14-8-. The Hall–Kier alpha value is -3.28. The molecule has 0 atom stereocenters. The minimum Gasteiger partial charge on any atom is -0.507 e. The lowest BCUT2D eigenvalue weighted by Crippen LogP contribution is -2.14. The number of aromatic hydroxyl groups is 2. The number of carboxylic acid groups (broad SMARTS) is 1. The SMILES string of the molecule is CO/C(=C\C(=O)O)C1=C(C)CC(=O)c2c1cc1cccc(O)c1c2O. The Balaban J connectivity index is 2.41. The second-order valence-electron chi connectivity index (χ2n) is 5.83. The maximum atomic E-state index is 12.5. The molecule has 6 heteroatoms. The molecular formula is C19H16O6. The van der Waals surface area contributed by atoms with Gasteiger partial charge in [0.05, 0.1) is 24.1 Å². The molecule has 1 aliphatic carbocycles. The number of fused-ring (bicyclic) bond motifs is 2. The van der Waals surface area contributed by atoms with Gasteiger partial charge in [-0.05, 0) is 24.4 Å². The van der Waals surface area contributed by atoms with Crippen molar-refractivity contribution in [2.45, 2.75) is 13.3 Å². The average molecular weight is 340 g/mol. The van der Waals surface area contributed by atoms with Gasteiger partial charge in [-0.15, -0.1) is 0 Å². The Kier molecular flexibility index (Phi) is 3.96. The summed E-state index contributed by atoms with van der Waals surface area (Å²) in [6.45, 7) is 1.72. The van der Waals surface area contributed by atoms with E-state index >= 15 is 0 Å². The molecule has 0 amide bonds. The van der Waals surface area contributed by atoms with Crippen LogP contribution >= 0.6 is 0 Å². The molecule has 128 valence electrons. The molecule has 2 aromatic rings. The molecule has 0 radical (unpaired) electrons. The molecule has 25 heavy (non-hydrogen) atoms. The van der Waals surface area contributed by atoms with Gasteiger partial charge in [-0.2, -0.15) is 0 Å². The van der Waals surface area contributed by atoms with Crippen LogP contribution in [0.4, 0.5) is 0 Å². The van der Waals surface area contributed by atoms with Crippen LogP contribution in [0.15, 0.2) is 41.7 Å². The van der Waals surface area contributed by atoms with Gasteiger partial charge >= 0.3 is 5.97 Å². The zero-order valence-electron chi connectivity index (χ0n) is 13.7. The first-order valence-electron chi connectivity index (χ1n) is 7.55. The number of ketones is 1. The van der Waals surface area contributed by atoms with E-state index in [4.69, 9.17) is 9.84 Å². The molecule has 0 spiro atoms. The number of Topliss-reactive ketones (excluding diaryl/α,β-unsaturated/α-hetero) is 1. The molecule has 0 unspecified atom stereocenters. The third-order valence-corrected chi connectivity index (χ3v) is 4.24. The summed E-state index contributed by atoms with van der Waals surface area (Å²) in [6, 6.07) is 6.38. The number of benzene rings is 2. The Morgan fingerprint density at radius 1 is 1.28 bits per heavy atom. The number of allylic oxidation sites excluding steroid dienone is 2. The number of aliphatic carboxylic acids is 1. The van der Waals surface area contributed by atoms with E-state index in [1.54, 1.807) is 25.1 Å². The van der Waals surface area contributed by atoms with Crippen LogP contribution in [0, 0.1) is 0 Å². The predicted octanol–water partition coefficient (Wildman–Crippen LogP) is 3.23. The van der Waals surface area contributed by atoms with E-state index in [1.807, 2.05) is 0 Å². The number of phenols is 2. The van der Waals surface area contributed by atoms with Gasteiger partial charge in [0.15, 0.2) is 5.78 Å². The van der Waals surface area contributed by atoms with Crippen molar-refractivity contribution in [2.75, 3.05) is 7.11 Å². The van der Waals surface area contributed by atoms with Crippen LogP contribution in [0.5, 0.6) is 11.5 Å². The highest BCUT2D eigenvalue weighted by Gasteiger charge is 2.30. The zero-order valence-corrected chi connectivity index (χ0v) is 13.7. The van der Waals surface area contributed by atoms with Gasteiger partial charge in [0.25, 0.3) is 0 Å². The molecule has 3 rings (SSSR count). The highest BCUT2D eigenvalue weighted by Crippen LogP contribution is 2.45. The predicted molar refractivity (Wildman–Crippen MR) is 91.5 cm³/mol. The van der Waals surface area contributed by atoms with E-state index < -0.39 is 5.97 Å². The van der Waals surface area contributed by atoms with Crippen LogP contribution in [0.3, 0.4) is 0 Å². The van der Waals surface area contributed by atoms with Crippen molar-refractivity contribution in [2.24, 2.45) is 0 Å². The lowest BCUT2D eigenvalue weighted by molar-refractivity contribution is -0.131. The maximum Gasteiger partial charge on any atom is 0.332 e. The Morgan fingerprint density at radius 2 is 2.00 bits per heavy atom. The van der Waals surface area contributed by atoms with Gasteiger partial charge in [0, 0.05) is 17.6 Å². The second kappa shape index (κ2) is 5.98. The van der Waals surface area contributed by atoms with E-state index in [1.165, 1.54) is 13.2 Å². The molecule has 0 saturated heterocycles. The van der Waals surface area contributed by atoms with Crippen molar-refractivity contribution in [3.63, 3.8) is 0 Å². The maximum absolute atomic E-state index is 12.5. The topological polar surface area (TPSA) is 104 Å². The third kappa shape index (κ3) is 2.61. The first-order valence-corrected chi connectivity index (χ1v) is 7.55. The van der Waals surface area contributed by atoms with Crippen molar-refractivity contribution < 1.29 is 29.6 Å². The number of hydrogen-bond donors (Lipinski definition) is 3. The van der Waals surface area contributed by atoms with Crippen LogP contribution in [0.25, 0.3) is 16.3 Å². The van der Waals surface area contributed by atoms with Crippen LogP contribution in [-0.2, 0) is 9.53 Å². The number of hydrogen-bond acceptors (Lipinski definition) is 5. The fraction of sp³-hybridized carbons (Fsp3) is 0.158. The van der Waals surface area contributed by atoms with Crippen molar-refractivity contribution in [3.05, 3.63) is 52.8 Å². The monoisotopic (exact) mass is 340 g/mol. The lowest BCUT2D eigenvalue weighted by atomic mass is 9.82. The first-order chi connectivity index (χ1) is 11.8. The summed E-state index contributed by atoms with van der Waals surface area (Å²) in [4.78, 5) is 23.6. The molecule has 0 saturated carbocycles. The molecule has 0 aliphatic heterocycles. The third-order valence-electron chi connectivity index (χ3n) is 4.24. The zero-order chi connectivity index (χ0) is 18.3. The molecule has 2 aromatic carbocycles. The minimum absolute atomic E-state index is 0.0231. The quantitative estimate of drug-likeness (QED) is 0.585. The summed E-state index contributed by atoms with van der Waals surface area (Å²) in [5.74, 6) is -1.83. The van der Waals surface area contributed by atoms with Crippen molar-refractivity contribution in [1.29, 1.82) is 0 Å². The van der Waals surface area contributed by atoms with Crippen LogP contribution < -0.4 is 0 Å². The summed E-state index contributed by atoms with van der Waals surface area (Å²) in [6.07, 6.45) is 0.942. The molecular weight excluding hydrogens is 324 g/mol. The Labute approximate surface area is 143 Å². The second-order valence-corrected chi connectivity index (χ2v) is 5.83. The number of carbonyl (C=O) groups excluding carboxylic acids is 1. The van der Waals surface area contributed by atoms with Crippen molar-refractivity contribution in [1.82, 2.24) is 0 Å². The highest BCUT2D eigenvalue weighted by atomic mass is 16.5. The first kappa shape index (κ1) is 16.6. The van der Waals surface area contributed by atoms with E-state index in [0.717, 1.165) is 6.08 Å². The largest absolute Gasteiger partial charge is 0.507 e. The molecule has 0 heterocycles. The fourth-order valence-corrected chi connectivity index (χ4v) is 3.23. The fourth-order valence-electron chi connectivity index (χ4n) is 3.23. The molecule has 1 aliphatic rings. The number of rotatable bonds is 3. The van der Waals surface area contributed by atoms with Crippen LogP contribution in [-0.4, -0.2) is 34.2 Å². The number of carbonyl (C=O) groups is 2. The summed E-state index contributed by atoms with van der Waals surface area (Å²) >= 11 is 0. The number of methoxy groups -OCH3 is 1. The smallest absolute Gasteiger partial charge is 0.332 e. The number of ether oxygens (including phenoxy) is 1. The summed E-state index contributed by atoms with van der Waals surface area (Å²) < 4.78 is 5.22.